The second kappa shape index (κ2) is 5.97. The summed E-state index contributed by atoms with van der Waals surface area (Å²) >= 11 is 0. The molecular formula is C12H17NO4S. The first-order chi connectivity index (χ1) is 8.42. The highest BCUT2D eigenvalue weighted by Crippen LogP contribution is 2.17. The van der Waals surface area contributed by atoms with E-state index in [2.05, 4.69) is 5.32 Å². The molecule has 0 aliphatic carbocycles. The van der Waals surface area contributed by atoms with Crippen molar-refractivity contribution in [1.29, 1.82) is 0 Å². The number of aliphatic hydroxyl groups excluding tert-OH is 1. The van der Waals surface area contributed by atoms with Crippen LogP contribution in [0.1, 0.15) is 24.2 Å². The van der Waals surface area contributed by atoms with Crippen LogP contribution in [0.2, 0.25) is 0 Å². The predicted molar refractivity (Wildman–Crippen MR) is 68.2 cm³/mol. The highest BCUT2D eigenvalue weighted by atomic mass is 32.2. The fraction of sp³-hybridized carbons (Fsp3) is 0.417. The van der Waals surface area contributed by atoms with Crippen molar-refractivity contribution in [2.45, 2.75) is 24.8 Å². The minimum absolute atomic E-state index is 0.0233. The SMILES string of the molecule is CCS(=O)(=O)c1ccccc1C(=O)NC(C)CO. The van der Waals surface area contributed by atoms with Crippen molar-refractivity contribution < 1.29 is 18.3 Å². The van der Waals surface area contributed by atoms with E-state index >= 15 is 0 Å². The van der Waals surface area contributed by atoms with Crippen molar-refractivity contribution in [2.24, 2.45) is 0 Å². The third-order valence-electron chi connectivity index (χ3n) is 2.50. The molecule has 0 aliphatic rings. The molecule has 0 fully saturated rings. The highest BCUT2D eigenvalue weighted by molar-refractivity contribution is 7.91. The van der Waals surface area contributed by atoms with Crippen LogP contribution in [0.3, 0.4) is 0 Å². The van der Waals surface area contributed by atoms with Gasteiger partial charge in [-0.25, -0.2) is 8.42 Å². The Morgan fingerprint density at radius 2 is 2.00 bits per heavy atom. The molecule has 1 atom stereocenters. The molecule has 1 aromatic rings. The molecule has 0 bridgehead atoms. The number of hydrogen-bond acceptors (Lipinski definition) is 4. The van der Waals surface area contributed by atoms with Gasteiger partial charge in [-0.1, -0.05) is 19.1 Å². The molecule has 0 spiro atoms. The Kier molecular flexibility index (Phi) is 4.86. The maximum Gasteiger partial charge on any atom is 0.252 e. The number of hydrogen-bond donors (Lipinski definition) is 2. The highest BCUT2D eigenvalue weighted by Gasteiger charge is 2.21. The molecule has 5 nitrogen and oxygen atoms in total. The zero-order valence-electron chi connectivity index (χ0n) is 10.4. The first kappa shape index (κ1) is 14.7. The Hall–Kier alpha value is -1.40. The molecule has 0 heterocycles. The summed E-state index contributed by atoms with van der Waals surface area (Å²) in [5.74, 6) is -0.559. The van der Waals surface area contributed by atoms with Crippen LogP contribution >= 0.6 is 0 Å². The smallest absolute Gasteiger partial charge is 0.252 e. The van der Waals surface area contributed by atoms with Crippen molar-refractivity contribution in [3.63, 3.8) is 0 Å². The lowest BCUT2D eigenvalue weighted by Crippen LogP contribution is -2.35. The largest absolute Gasteiger partial charge is 0.394 e. The lowest BCUT2D eigenvalue weighted by atomic mass is 10.2. The zero-order valence-corrected chi connectivity index (χ0v) is 11.2. The molecule has 1 rings (SSSR count). The molecule has 1 unspecified atom stereocenters. The van der Waals surface area contributed by atoms with E-state index in [9.17, 15) is 13.2 Å². The second-order valence-corrected chi connectivity index (χ2v) is 6.20. The lowest BCUT2D eigenvalue weighted by Gasteiger charge is -2.13. The number of aliphatic hydroxyl groups is 1. The maximum absolute atomic E-state index is 11.9. The zero-order chi connectivity index (χ0) is 13.8. The Labute approximate surface area is 107 Å². The van der Waals surface area contributed by atoms with Crippen LogP contribution in [0, 0.1) is 0 Å². The van der Waals surface area contributed by atoms with E-state index in [1.54, 1.807) is 19.1 Å². The molecule has 18 heavy (non-hydrogen) atoms. The van der Waals surface area contributed by atoms with Crippen LogP contribution in [0.25, 0.3) is 0 Å². The Bertz CT molecular complexity index is 525. The summed E-state index contributed by atoms with van der Waals surface area (Å²) in [7, 11) is -3.44. The van der Waals surface area contributed by atoms with Gasteiger partial charge in [0.15, 0.2) is 9.84 Å². The fourth-order valence-electron chi connectivity index (χ4n) is 1.43. The molecule has 0 aliphatic heterocycles. The molecule has 1 amide bonds. The molecule has 2 N–H and O–H groups in total. The topological polar surface area (TPSA) is 83.5 Å². The quantitative estimate of drug-likeness (QED) is 0.821. The Morgan fingerprint density at radius 1 is 1.39 bits per heavy atom. The Balaban J connectivity index is 3.14. The van der Waals surface area contributed by atoms with E-state index in [0.717, 1.165) is 0 Å². The summed E-state index contributed by atoms with van der Waals surface area (Å²) < 4.78 is 23.7. The van der Waals surface area contributed by atoms with E-state index in [4.69, 9.17) is 5.11 Å². The van der Waals surface area contributed by atoms with Crippen LogP contribution in [0.15, 0.2) is 29.2 Å². The van der Waals surface area contributed by atoms with E-state index in [-0.39, 0.29) is 22.8 Å². The minimum atomic E-state index is -3.44. The number of sulfone groups is 1. The monoisotopic (exact) mass is 271 g/mol. The lowest BCUT2D eigenvalue weighted by molar-refractivity contribution is 0.0919. The second-order valence-electron chi connectivity index (χ2n) is 3.96. The van der Waals surface area contributed by atoms with Gasteiger partial charge in [0, 0.05) is 6.04 Å². The minimum Gasteiger partial charge on any atom is -0.394 e. The van der Waals surface area contributed by atoms with Crippen molar-refractivity contribution in [1.82, 2.24) is 5.32 Å². The van der Waals surface area contributed by atoms with E-state index in [0.29, 0.717) is 0 Å². The van der Waals surface area contributed by atoms with Gasteiger partial charge in [-0.05, 0) is 19.1 Å². The normalized spacial score (nSPS) is 13.1. The van der Waals surface area contributed by atoms with Crippen molar-refractivity contribution in [2.75, 3.05) is 12.4 Å². The van der Waals surface area contributed by atoms with Gasteiger partial charge in [0.25, 0.3) is 5.91 Å². The van der Waals surface area contributed by atoms with Gasteiger partial charge >= 0.3 is 0 Å². The van der Waals surface area contributed by atoms with Gasteiger partial charge < -0.3 is 10.4 Å². The van der Waals surface area contributed by atoms with E-state index in [1.807, 2.05) is 0 Å². The number of carbonyl (C=O) groups excluding carboxylic acids is 1. The van der Waals surface area contributed by atoms with Crippen molar-refractivity contribution >= 4 is 15.7 Å². The molecule has 6 heteroatoms. The summed E-state index contributed by atoms with van der Waals surface area (Å²) in [6.07, 6.45) is 0. The molecule has 0 aromatic heterocycles. The Morgan fingerprint density at radius 3 is 2.56 bits per heavy atom. The molecular weight excluding hydrogens is 254 g/mol. The fourth-order valence-corrected chi connectivity index (χ4v) is 2.52. The summed E-state index contributed by atoms with van der Waals surface area (Å²) in [4.78, 5) is 11.9. The molecule has 0 radical (unpaired) electrons. The van der Waals surface area contributed by atoms with E-state index in [1.165, 1.54) is 19.1 Å². The first-order valence-corrected chi connectivity index (χ1v) is 7.31. The summed E-state index contributed by atoms with van der Waals surface area (Å²) in [6.45, 7) is 2.96. The van der Waals surface area contributed by atoms with Gasteiger partial charge in [-0.3, -0.25) is 4.79 Å². The van der Waals surface area contributed by atoms with Crippen LogP contribution in [0.4, 0.5) is 0 Å². The average molecular weight is 271 g/mol. The average Bonchev–Trinajstić information content (AvgIpc) is 2.38. The van der Waals surface area contributed by atoms with Crippen molar-refractivity contribution in [3.05, 3.63) is 29.8 Å². The first-order valence-electron chi connectivity index (χ1n) is 5.66. The van der Waals surface area contributed by atoms with Gasteiger partial charge in [0.2, 0.25) is 0 Å². The molecule has 0 saturated heterocycles. The van der Waals surface area contributed by atoms with Crippen LogP contribution in [0.5, 0.6) is 0 Å². The molecule has 1 aromatic carbocycles. The third-order valence-corrected chi connectivity index (χ3v) is 4.28. The van der Waals surface area contributed by atoms with Crippen LogP contribution < -0.4 is 5.32 Å². The number of carbonyl (C=O) groups is 1. The number of amides is 1. The summed E-state index contributed by atoms with van der Waals surface area (Å²) in [6, 6.07) is 5.64. The molecule has 0 saturated carbocycles. The van der Waals surface area contributed by atoms with Gasteiger partial charge in [0.1, 0.15) is 0 Å². The molecule has 100 valence electrons. The maximum atomic E-state index is 11.9. The van der Waals surface area contributed by atoms with Gasteiger partial charge in [-0.15, -0.1) is 0 Å². The van der Waals surface area contributed by atoms with E-state index < -0.39 is 21.8 Å². The van der Waals surface area contributed by atoms with Crippen molar-refractivity contribution in [3.8, 4) is 0 Å². The standard InChI is InChI=1S/C12H17NO4S/c1-3-18(16,17)11-7-5-4-6-10(11)12(15)13-9(2)8-14/h4-7,9,14H,3,8H2,1-2H3,(H,13,15). The summed E-state index contributed by atoms with van der Waals surface area (Å²) in [5.41, 5.74) is 0.111. The number of nitrogens with one attached hydrogen (secondary N) is 1. The predicted octanol–water partition coefficient (Wildman–Crippen LogP) is 0.591. The van der Waals surface area contributed by atoms with Crippen LogP contribution in [-0.4, -0.2) is 37.8 Å². The summed E-state index contributed by atoms with van der Waals surface area (Å²) in [5, 5.41) is 11.4. The van der Waals surface area contributed by atoms with Gasteiger partial charge in [-0.2, -0.15) is 0 Å². The van der Waals surface area contributed by atoms with Crippen LogP contribution in [-0.2, 0) is 9.84 Å². The van der Waals surface area contributed by atoms with Gasteiger partial charge in [0.05, 0.1) is 22.8 Å². The number of rotatable bonds is 5. The number of benzene rings is 1. The third kappa shape index (κ3) is 3.30.